The maximum Gasteiger partial charge on any atom is 0.126 e. The summed E-state index contributed by atoms with van der Waals surface area (Å²) in [5, 5.41) is 3.44. The van der Waals surface area contributed by atoms with Crippen LogP contribution < -0.4 is 10.1 Å². The third-order valence-electron chi connectivity index (χ3n) is 4.27. The molecule has 0 amide bonds. The molecule has 3 rings (SSSR count). The van der Waals surface area contributed by atoms with E-state index in [2.05, 4.69) is 36.2 Å². The number of piperazine rings is 1. The standard InChI is InChI=1S/C16H24N2O/c1-12-10-13(2)16-14(11-12)15(4-3-9-19-16)18-7-5-17-6-8-18/h10-11,15,17H,3-9H2,1-2H3. The van der Waals surface area contributed by atoms with Gasteiger partial charge in [-0.15, -0.1) is 0 Å². The molecule has 2 aliphatic rings. The van der Waals surface area contributed by atoms with Crippen molar-refractivity contribution in [3.05, 3.63) is 28.8 Å². The number of benzene rings is 1. The number of ether oxygens (including phenoxy) is 1. The van der Waals surface area contributed by atoms with Crippen molar-refractivity contribution < 1.29 is 4.74 Å². The van der Waals surface area contributed by atoms with Crippen LogP contribution in [0.4, 0.5) is 0 Å². The molecule has 0 spiro atoms. The molecular weight excluding hydrogens is 236 g/mol. The Bertz CT molecular complexity index is 452. The van der Waals surface area contributed by atoms with E-state index in [-0.39, 0.29) is 0 Å². The van der Waals surface area contributed by atoms with Gasteiger partial charge in [-0.2, -0.15) is 0 Å². The second-order valence-electron chi connectivity index (χ2n) is 5.79. The second-order valence-corrected chi connectivity index (χ2v) is 5.79. The molecular formula is C16H24N2O. The van der Waals surface area contributed by atoms with Gasteiger partial charge in [0.05, 0.1) is 6.61 Å². The summed E-state index contributed by atoms with van der Waals surface area (Å²) in [6, 6.07) is 5.11. The summed E-state index contributed by atoms with van der Waals surface area (Å²) in [7, 11) is 0. The van der Waals surface area contributed by atoms with Crippen LogP contribution in [0, 0.1) is 13.8 Å². The van der Waals surface area contributed by atoms with Gasteiger partial charge in [-0.05, 0) is 32.3 Å². The monoisotopic (exact) mass is 260 g/mol. The SMILES string of the molecule is Cc1cc(C)c2c(c1)C(N1CCNCC1)CCCO2. The lowest BCUT2D eigenvalue weighted by atomic mass is 9.96. The van der Waals surface area contributed by atoms with Crippen LogP contribution in [-0.2, 0) is 0 Å². The zero-order valence-electron chi connectivity index (χ0n) is 12.0. The first-order chi connectivity index (χ1) is 9.25. The van der Waals surface area contributed by atoms with Crippen LogP contribution in [-0.4, -0.2) is 37.7 Å². The van der Waals surface area contributed by atoms with Gasteiger partial charge in [-0.1, -0.05) is 17.7 Å². The van der Waals surface area contributed by atoms with Crippen molar-refractivity contribution in [3.63, 3.8) is 0 Å². The number of hydrogen-bond donors (Lipinski definition) is 1. The third kappa shape index (κ3) is 2.63. The van der Waals surface area contributed by atoms with E-state index in [0.29, 0.717) is 6.04 Å². The maximum atomic E-state index is 6.01. The zero-order valence-corrected chi connectivity index (χ0v) is 12.0. The summed E-state index contributed by atoms with van der Waals surface area (Å²) < 4.78 is 6.01. The zero-order chi connectivity index (χ0) is 13.2. The van der Waals surface area contributed by atoms with E-state index in [1.54, 1.807) is 0 Å². The molecule has 1 atom stereocenters. The van der Waals surface area contributed by atoms with Crippen LogP contribution in [0.2, 0.25) is 0 Å². The highest BCUT2D eigenvalue weighted by Crippen LogP contribution is 2.38. The Labute approximate surface area is 115 Å². The van der Waals surface area contributed by atoms with Gasteiger partial charge in [0.15, 0.2) is 0 Å². The minimum absolute atomic E-state index is 0.540. The molecule has 2 heterocycles. The molecule has 0 aromatic heterocycles. The fourth-order valence-corrected chi connectivity index (χ4v) is 3.41. The van der Waals surface area contributed by atoms with Gasteiger partial charge in [0.1, 0.15) is 5.75 Å². The third-order valence-corrected chi connectivity index (χ3v) is 4.27. The van der Waals surface area contributed by atoms with Gasteiger partial charge in [0.2, 0.25) is 0 Å². The van der Waals surface area contributed by atoms with Gasteiger partial charge in [-0.25, -0.2) is 0 Å². The fourth-order valence-electron chi connectivity index (χ4n) is 3.41. The lowest BCUT2D eigenvalue weighted by Gasteiger charge is -2.35. The molecule has 1 unspecified atom stereocenters. The normalized spacial score (nSPS) is 24.4. The predicted octanol–water partition coefficient (Wildman–Crippen LogP) is 2.42. The molecule has 2 aliphatic heterocycles. The second kappa shape index (κ2) is 5.51. The van der Waals surface area contributed by atoms with Crippen molar-refractivity contribution in [2.75, 3.05) is 32.8 Å². The highest BCUT2D eigenvalue weighted by molar-refractivity contribution is 5.46. The van der Waals surface area contributed by atoms with Gasteiger partial charge < -0.3 is 10.1 Å². The molecule has 0 radical (unpaired) electrons. The number of nitrogens with zero attached hydrogens (tertiary/aromatic N) is 1. The van der Waals surface area contributed by atoms with Gasteiger partial charge in [0.25, 0.3) is 0 Å². The van der Waals surface area contributed by atoms with E-state index < -0.39 is 0 Å². The Balaban J connectivity index is 1.97. The molecule has 3 heteroatoms. The summed E-state index contributed by atoms with van der Waals surface area (Å²) in [5.74, 6) is 1.15. The molecule has 1 fully saturated rings. The van der Waals surface area contributed by atoms with Crippen LogP contribution in [0.25, 0.3) is 0 Å². The van der Waals surface area contributed by atoms with Gasteiger partial charge in [-0.3, -0.25) is 4.90 Å². The summed E-state index contributed by atoms with van der Waals surface area (Å²) in [4.78, 5) is 2.63. The fraction of sp³-hybridized carbons (Fsp3) is 0.625. The van der Waals surface area contributed by atoms with E-state index in [9.17, 15) is 0 Å². The predicted molar refractivity (Wildman–Crippen MR) is 77.8 cm³/mol. The lowest BCUT2D eigenvalue weighted by Crippen LogP contribution is -2.45. The van der Waals surface area contributed by atoms with E-state index in [1.165, 1.54) is 23.1 Å². The smallest absolute Gasteiger partial charge is 0.126 e. The molecule has 104 valence electrons. The molecule has 3 nitrogen and oxygen atoms in total. The van der Waals surface area contributed by atoms with Crippen molar-refractivity contribution in [1.82, 2.24) is 10.2 Å². The number of fused-ring (bicyclic) bond motifs is 1. The molecule has 1 aromatic rings. The van der Waals surface area contributed by atoms with Crippen LogP contribution in [0.5, 0.6) is 5.75 Å². The summed E-state index contributed by atoms with van der Waals surface area (Å²) in [5.41, 5.74) is 4.05. The number of rotatable bonds is 1. The Hall–Kier alpha value is -1.06. The first-order valence-corrected chi connectivity index (χ1v) is 7.44. The van der Waals surface area contributed by atoms with Crippen LogP contribution in [0.1, 0.15) is 35.6 Å². The minimum atomic E-state index is 0.540. The first-order valence-electron chi connectivity index (χ1n) is 7.44. The van der Waals surface area contributed by atoms with Crippen LogP contribution in [0.3, 0.4) is 0 Å². The van der Waals surface area contributed by atoms with Crippen molar-refractivity contribution in [1.29, 1.82) is 0 Å². The molecule has 0 aliphatic carbocycles. The highest BCUT2D eigenvalue weighted by Gasteiger charge is 2.27. The number of aryl methyl sites for hydroxylation is 2. The van der Waals surface area contributed by atoms with E-state index in [4.69, 9.17) is 4.74 Å². The average Bonchev–Trinajstić information content (AvgIpc) is 2.62. The Kier molecular flexibility index (Phi) is 3.76. The van der Waals surface area contributed by atoms with E-state index in [0.717, 1.165) is 45.0 Å². The van der Waals surface area contributed by atoms with E-state index >= 15 is 0 Å². The van der Waals surface area contributed by atoms with Gasteiger partial charge >= 0.3 is 0 Å². The Morgan fingerprint density at radius 1 is 1.21 bits per heavy atom. The molecule has 19 heavy (non-hydrogen) atoms. The lowest BCUT2D eigenvalue weighted by molar-refractivity contribution is 0.165. The Morgan fingerprint density at radius 3 is 2.79 bits per heavy atom. The van der Waals surface area contributed by atoms with Gasteiger partial charge in [0, 0.05) is 37.8 Å². The molecule has 1 aromatic carbocycles. The first kappa shape index (κ1) is 12.9. The minimum Gasteiger partial charge on any atom is -0.493 e. The molecule has 1 saturated heterocycles. The van der Waals surface area contributed by atoms with Crippen molar-refractivity contribution in [3.8, 4) is 5.75 Å². The summed E-state index contributed by atoms with van der Waals surface area (Å²) >= 11 is 0. The maximum absolute atomic E-state index is 6.01. The molecule has 0 saturated carbocycles. The van der Waals surface area contributed by atoms with Crippen molar-refractivity contribution in [2.24, 2.45) is 0 Å². The van der Waals surface area contributed by atoms with Crippen molar-refractivity contribution >= 4 is 0 Å². The number of nitrogens with one attached hydrogen (secondary N) is 1. The molecule has 0 bridgehead atoms. The Morgan fingerprint density at radius 2 is 2.00 bits per heavy atom. The van der Waals surface area contributed by atoms with Crippen molar-refractivity contribution in [2.45, 2.75) is 32.7 Å². The quantitative estimate of drug-likeness (QED) is 0.839. The summed E-state index contributed by atoms with van der Waals surface area (Å²) in [6.45, 7) is 9.74. The topological polar surface area (TPSA) is 24.5 Å². The van der Waals surface area contributed by atoms with Crippen LogP contribution in [0.15, 0.2) is 12.1 Å². The number of hydrogen-bond acceptors (Lipinski definition) is 3. The van der Waals surface area contributed by atoms with Crippen LogP contribution >= 0.6 is 0 Å². The summed E-state index contributed by atoms with van der Waals surface area (Å²) in [6.07, 6.45) is 2.37. The average molecular weight is 260 g/mol. The highest BCUT2D eigenvalue weighted by atomic mass is 16.5. The largest absolute Gasteiger partial charge is 0.493 e. The van der Waals surface area contributed by atoms with E-state index in [1.807, 2.05) is 0 Å². The molecule has 1 N–H and O–H groups in total.